The summed E-state index contributed by atoms with van der Waals surface area (Å²) in [5.74, 6) is -2.15. The SMILES string of the molecule is Nc1ccccc1-c1nnn(CCO)n1.O.OCCn1nnc(-c2ccccc2Nc2c(F)cccc2F)n1.O[B]c1c(F)cccc1F. The minimum Gasteiger partial charge on any atom is -0.450 e. The molecule has 0 fully saturated rings. The first-order chi connectivity index (χ1) is 23.2. The van der Waals surface area contributed by atoms with Crippen molar-refractivity contribution in [2.45, 2.75) is 13.1 Å². The first kappa shape index (κ1) is 37.7. The van der Waals surface area contributed by atoms with Crippen LogP contribution >= 0.6 is 0 Å². The summed E-state index contributed by atoms with van der Waals surface area (Å²) >= 11 is 0. The fourth-order valence-corrected chi connectivity index (χ4v) is 3.94. The van der Waals surface area contributed by atoms with Gasteiger partial charge in [-0.2, -0.15) is 9.59 Å². The second kappa shape index (κ2) is 18.5. The van der Waals surface area contributed by atoms with Crippen LogP contribution in [-0.4, -0.2) is 81.8 Å². The average Bonchev–Trinajstić information content (AvgIpc) is 3.75. The number of hydrogen-bond acceptors (Lipinski definition) is 11. The Hall–Kier alpha value is -5.76. The van der Waals surface area contributed by atoms with E-state index in [0.29, 0.717) is 42.6 Å². The summed E-state index contributed by atoms with van der Waals surface area (Å²) < 4.78 is 52.4. The van der Waals surface area contributed by atoms with Gasteiger partial charge in [-0.25, -0.2) is 17.6 Å². The van der Waals surface area contributed by atoms with Crippen molar-refractivity contribution in [1.82, 2.24) is 40.4 Å². The van der Waals surface area contributed by atoms with Crippen LogP contribution in [0.4, 0.5) is 34.6 Å². The molecule has 255 valence electrons. The first-order valence-corrected chi connectivity index (χ1v) is 14.1. The molecule has 1 radical (unpaired) electrons. The molecule has 0 aliphatic rings. The predicted octanol–water partition coefficient (Wildman–Crippen LogP) is 1.65. The van der Waals surface area contributed by atoms with Crippen LogP contribution in [0.3, 0.4) is 0 Å². The Morgan fingerprint density at radius 2 is 1.12 bits per heavy atom. The van der Waals surface area contributed by atoms with Crippen LogP contribution in [0.1, 0.15) is 0 Å². The van der Waals surface area contributed by atoms with Gasteiger partial charge in [-0.05, 0) is 59.0 Å². The molecular formula is C30H30BF4N10O4. The van der Waals surface area contributed by atoms with Crippen molar-refractivity contribution in [3.63, 3.8) is 0 Å². The molecule has 0 atom stereocenters. The molecular weight excluding hydrogens is 651 g/mol. The van der Waals surface area contributed by atoms with Crippen molar-refractivity contribution in [3.8, 4) is 22.8 Å². The van der Waals surface area contributed by atoms with Crippen LogP contribution < -0.4 is 16.5 Å². The van der Waals surface area contributed by atoms with Gasteiger partial charge in [0.2, 0.25) is 11.6 Å². The molecule has 6 aromatic rings. The maximum atomic E-state index is 13.8. The van der Waals surface area contributed by atoms with Gasteiger partial charge in [0.1, 0.15) is 29.0 Å². The van der Waals surface area contributed by atoms with Crippen molar-refractivity contribution in [1.29, 1.82) is 0 Å². The summed E-state index contributed by atoms with van der Waals surface area (Å²) in [5, 5.41) is 52.2. The minimum atomic E-state index is -0.762. The van der Waals surface area contributed by atoms with Gasteiger partial charge < -0.3 is 31.8 Å². The number of nitrogen functional groups attached to an aromatic ring is 1. The Bertz CT molecular complexity index is 1890. The minimum absolute atomic E-state index is 0. The molecule has 6 rings (SSSR count). The monoisotopic (exact) mass is 681 g/mol. The molecule has 8 N–H and O–H groups in total. The van der Waals surface area contributed by atoms with E-state index in [1.807, 2.05) is 18.2 Å². The standard InChI is InChI=1S/C15H13F2N5O.C9H11N5O.C6H4BF2O.H2O/c16-11-5-3-6-12(17)14(11)18-13-7-2-1-4-10(13)15-19-21-22(20-15)8-9-23;10-8-4-2-1-3-7(8)9-11-13-14(12-9)5-6-15;8-4-2-1-3-5(9)6(4)7-10;/h1-7,18,23H,8-9H2;1-4,15H,5-6,10H2;1-3,10H;1H2. The lowest BCUT2D eigenvalue weighted by Crippen LogP contribution is -2.21. The molecule has 49 heavy (non-hydrogen) atoms. The number of aromatic nitrogens is 8. The van der Waals surface area contributed by atoms with Gasteiger partial charge in [0, 0.05) is 28.0 Å². The number of hydrogen-bond donors (Lipinski definition) is 5. The molecule has 0 saturated carbocycles. The van der Waals surface area contributed by atoms with Crippen molar-refractivity contribution in [2.24, 2.45) is 0 Å². The highest BCUT2D eigenvalue weighted by Crippen LogP contribution is 2.30. The van der Waals surface area contributed by atoms with Crippen molar-refractivity contribution in [2.75, 3.05) is 24.3 Å². The van der Waals surface area contributed by atoms with Gasteiger partial charge in [-0.3, -0.25) is 0 Å². The molecule has 2 heterocycles. The highest BCUT2D eigenvalue weighted by atomic mass is 19.1. The zero-order valence-electron chi connectivity index (χ0n) is 25.5. The number of tetrazole rings is 2. The maximum absolute atomic E-state index is 13.8. The normalized spacial score (nSPS) is 10.2. The summed E-state index contributed by atoms with van der Waals surface area (Å²) in [7, 11) is 0.407. The number of aliphatic hydroxyl groups is 2. The second-order valence-corrected chi connectivity index (χ2v) is 9.48. The van der Waals surface area contributed by atoms with Gasteiger partial charge in [-0.15, -0.1) is 20.4 Å². The maximum Gasteiger partial charge on any atom is 0.332 e. The number of nitrogens with two attached hydrogens (primary N) is 1. The molecule has 0 bridgehead atoms. The van der Waals surface area contributed by atoms with Crippen LogP contribution in [0.15, 0.2) is 84.9 Å². The third-order valence-corrected chi connectivity index (χ3v) is 6.23. The number of nitrogens with zero attached hydrogens (tertiary/aromatic N) is 8. The average molecular weight is 681 g/mol. The fraction of sp³-hybridized carbons (Fsp3) is 0.133. The van der Waals surface area contributed by atoms with E-state index in [-0.39, 0.29) is 30.9 Å². The summed E-state index contributed by atoms with van der Waals surface area (Å²) in [4.78, 5) is 2.58. The highest BCUT2D eigenvalue weighted by molar-refractivity contribution is 6.45. The van der Waals surface area contributed by atoms with Gasteiger partial charge in [0.15, 0.2) is 0 Å². The smallest absolute Gasteiger partial charge is 0.332 e. The van der Waals surface area contributed by atoms with Crippen LogP contribution in [0, 0.1) is 23.3 Å². The fourth-order valence-electron chi connectivity index (χ4n) is 3.94. The van der Waals surface area contributed by atoms with E-state index < -0.39 is 28.7 Å². The molecule has 2 aromatic heterocycles. The number of halogens is 4. The van der Waals surface area contributed by atoms with E-state index in [9.17, 15) is 17.6 Å². The lowest BCUT2D eigenvalue weighted by atomic mass is 9.88. The van der Waals surface area contributed by atoms with Gasteiger partial charge in [0.25, 0.3) is 0 Å². The predicted molar refractivity (Wildman–Crippen MR) is 172 cm³/mol. The molecule has 0 amide bonds. The molecule has 14 nitrogen and oxygen atoms in total. The number of nitrogens with one attached hydrogen (secondary N) is 1. The van der Waals surface area contributed by atoms with Gasteiger partial charge in [-0.1, -0.05) is 36.4 Å². The Morgan fingerprint density at radius 1 is 0.653 bits per heavy atom. The van der Waals surface area contributed by atoms with E-state index in [2.05, 4.69) is 36.1 Å². The zero-order chi connectivity index (χ0) is 34.5. The Balaban J connectivity index is 0.000000215. The van der Waals surface area contributed by atoms with Crippen molar-refractivity contribution >= 4 is 30.0 Å². The summed E-state index contributed by atoms with van der Waals surface area (Å²) in [6.07, 6.45) is 0. The molecule has 4 aromatic carbocycles. The molecule has 19 heteroatoms. The van der Waals surface area contributed by atoms with Crippen LogP contribution in [0.25, 0.3) is 22.8 Å². The number of para-hydroxylation sites is 3. The molecule has 0 spiro atoms. The quantitative estimate of drug-likeness (QED) is 0.0840. The number of aliphatic hydroxyl groups excluding tert-OH is 2. The summed E-state index contributed by atoms with van der Waals surface area (Å²) in [5.41, 5.74) is 7.47. The zero-order valence-corrected chi connectivity index (χ0v) is 25.5. The summed E-state index contributed by atoms with van der Waals surface area (Å²) in [6.45, 7) is 0.417. The Labute approximate surface area is 277 Å². The largest absolute Gasteiger partial charge is 0.450 e. The van der Waals surface area contributed by atoms with Crippen LogP contribution in [0.5, 0.6) is 0 Å². The van der Waals surface area contributed by atoms with Crippen LogP contribution in [-0.2, 0) is 13.1 Å². The molecule has 0 unspecified atom stereocenters. The lowest BCUT2D eigenvalue weighted by molar-refractivity contribution is 0.259. The topological polar surface area (TPSA) is 217 Å². The van der Waals surface area contributed by atoms with E-state index >= 15 is 0 Å². The van der Waals surface area contributed by atoms with E-state index in [0.717, 1.165) is 17.7 Å². The van der Waals surface area contributed by atoms with Crippen molar-refractivity contribution < 1.29 is 38.3 Å². The number of anilines is 3. The molecule has 0 aliphatic heterocycles. The van der Waals surface area contributed by atoms with E-state index in [1.54, 1.807) is 30.3 Å². The molecule has 0 aliphatic carbocycles. The van der Waals surface area contributed by atoms with E-state index in [1.165, 1.54) is 33.9 Å². The molecule has 0 saturated heterocycles. The Morgan fingerprint density at radius 3 is 1.61 bits per heavy atom. The lowest BCUT2D eigenvalue weighted by Gasteiger charge is -2.11. The third kappa shape index (κ3) is 10.1. The van der Waals surface area contributed by atoms with Crippen molar-refractivity contribution in [3.05, 3.63) is 108 Å². The highest BCUT2D eigenvalue weighted by Gasteiger charge is 2.15. The van der Waals surface area contributed by atoms with Gasteiger partial charge >= 0.3 is 7.48 Å². The number of rotatable bonds is 9. The first-order valence-electron chi connectivity index (χ1n) is 14.1. The summed E-state index contributed by atoms with van der Waals surface area (Å²) in [6, 6.07) is 21.2. The Kier molecular flexibility index (Phi) is 14.3. The van der Waals surface area contributed by atoms with E-state index in [4.69, 9.17) is 21.0 Å². The third-order valence-electron chi connectivity index (χ3n) is 6.23. The van der Waals surface area contributed by atoms with Gasteiger partial charge in [0.05, 0.1) is 26.3 Å². The van der Waals surface area contributed by atoms with Crippen LogP contribution in [0.2, 0.25) is 0 Å². The number of benzene rings is 4. The second-order valence-electron chi connectivity index (χ2n) is 9.48.